The molecule has 0 bridgehead atoms. The van der Waals surface area contributed by atoms with E-state index in [4.69, 9.17) is 0 Å². The topological polar surface area (TPSA) is 32.3 Å². The van der Waals surface area contributed by atoms with Crippen LogP contribution in [0, 0.1) is 11.8 Å². The highest BCUT2D eigenvalue weighted by Gasteiger charge is 2.25. The van der Waals surface area contributed by atoms with Gasteiger partial charge in [0.05, 0.1) is 0 Å². The SMILES string of the molecule is CCc1ccccc1CNCC1CCCC1CO. The van der Waals surface area contributed by atoms with Crippen LogP contribution in [-0.4, -0.2) is 18.3 Å². The monoisotopic (exact) mass is 247 g/mol. The molecule has 2 nitrogen and oxygen atoms in total. The quantitative estimate of drug-likeness (QED) is 0.810. The number of aliphatic hydroxyl groups excluding tert-OH is 1. The van der Waals surface area contributed by atoms with E-state index in [1.165, 1.54) is 30.4 Å². The predicted octanol–water partition coefficient (Wildman–Crippen LogP) is 2.75. The summed E-state index contributed by atoms with van der Waals surface area (Å²) in [4.78, 5) is 0. The molecule has 18 heavy (non-hydrogen) atoms. The van der Waals surface area contributed by atoms with Crippen molar-refractivity contribution in [1.29, 1.82) is 0 Å². The van der Waals surface area contributed by atoms with Gasteiger partial charge in [-0.25, -0.2) is 0 Å². The molecule has 2 N–H and O–H groups in total. The van der Waals surface area contributed by atoms with Gasteiger partial charge in [-0.2, -0.15) is 0 Å². The van der Waals surface area contributed by atoms with Crippen LogP contribution in [0.25, 0.3) is 0 Å². The van der Waals surface area contributed by atoms with Gasteiger partial charge >= 0.3 is 0 Å². The third-order valence-electron chi connectivity index (χ3n) is 4.27. The molecule has 1 aliphatic carbocycles. The average molecular weight is 247 g/mol. The summed E-state index contributed by atoms with van der Waals surface area (Å²) < 4.78 is 0. The molecule has 2 rings (SSSR count). The predicted molar refractivity (Wildman–Crippen MR) is 75.4 cm³/mol. The fraction of sp³-hybridized carbons (Fsp3) is 0.625. The molecular weight excluding hydrogens is 222 g/mol. The lowest BCUT2D eigenvalue weighted by Gasteiger charge is -2.18. The van der Waals surface area contributed by atoms with Crippen LogP contribution in [0.1, 0.15) is 37.3 Å². The minimum Gasteiger partial charge on any atom is -0.396 e. The summed E-state index contributed by atoms with van der Waals surface area (Å²) in [6.07, 6.45) is 4.85. The molecular formula is C16H25NO. The lowest BCUT2D eigenvalue weighted by molar-refractivity contribution is 0.192. The minimum atomic E-state index is 0.359. The number of hydrogen-bond acceptors (Lipinski definition) is 2. The molecule has 0 heterocycles. The van der Waals surface area contributed by atoms with Crippen LogP contribution in [-0.2, 0) is 13.0 Å². The van der Waals surface area contributed by atoms with E-state index >= 15 is 0 Å². The summed E-state index contributed by atoms with van der Waals surface area (Å²) in [5.74, 6) is 1.20. The second-order valence-corrected chi connectivity index (χ2v) is 5.39. The molecule has 0 aliphatic heterocycles. The highest BCUT2D eigenvalue weighted by Crippen LogP contribution is 2.30. The fourth-order valence-corrected chi connectivity index (χ4v) is 3.09. The first kappa shape index (κ1) is 13.6. The Morgan fingerprint density at radius 3 is 2.61 bits per heavy atom. The standard InChI is InChI=1S/C16H25NO/c1-2-13-6-3-4-7-14(13)10-17-11-15-8-5-9-16(15)12-18/h3-4,6-7,15-18H,2,5,8-12H2,1H3. The summed E-state index contributed by atoms with van der Waals surface area (Å²) in [6, 6.07) is 8.65. The fourth-order valence-electron chi connectivity index (χ4n) is 3.09. The van der Waals surface area contributed by atoms with Crippen LogP contribution in [0.4, 0.5) is 0 Å². The third kappa shape index (κ3) is 3.33. The van der Waals surface area contributed by atoms with Gasteiger partial charge < -0.3 is 10.4 Å². The Morgan fingerprint density at radius 1 is 1.17 bits per heavy atom. The Kier molecular flexibility index (Phi) is 5.21. The molecule has 1 aromatic carbocycles. The van der Waals surface area contributed by atoms with E-state index in [2.05, 4.69) is 36.5 Å². The first-order chi connectivity index (χ1) is 8.85. The first-order valence-electron chi connectivity index (χ1n) is 7.23. The van der Waals surface area contributed by atoms with Gasteiger partial charge in [0.1, 0.15) is 0 Å². The highest BCUT2D eigenvalue weighted by atomic mass is 16.3. The summed E-state index contributed by atoms with van der Waals surface area (Å²) in [7, 11) is 0. The lowest BCUT2D eigenvalue weighted by Crippen LogP contribution is -2.26. The summed E-state index contributed by atoms with van der Waals surface area (Å²) in [6.45, 7) is 4.57. The van der Waals surface area contributed by atoms with E-state index in [0.717, 1.165) is 19.5 Å². The second-order valence-electron chi connectivity index (χ2n) is 5.39. The molecule has 1 saturated carbocycles. The maximum Gasteiger partial charge on any atom is 0.0462 e. The van der Waals surface area contributed by atoms with E-state index in [9.17, 15) is 5.11 Å². The number of hydrogen-bond donors (Lipinski definition) is 2. The minimum absolute atomic E-state index is 0.359. The van der Waals surface area contributed by atoms with Gasteiger partial charge in [0.15, 0.2) is 0 Å². The van der Waals surface area contributed by atoms with Crippen LogP contribution in [0.15, 0.2) is 24.3 Å². The van der Waals surface area contributed by atoms with E-state index in [1.807, 2.05) is 0 Å². The van der Waals surface area contributed by atoms with Gasteiger partial charge in [-0.3, -0.25) is 0 Å². The number of rotatable bonds is 6. The van der Waals surface area contributed by atoms with Gasteiger partial charge in [0, 0.05) is 13.2 Å². The molecule has 100 valence electrons. The van der Waals surface area contributed by atoms with Gasteiger partial charge in [-0.05, 0) is 48.8 Å². The van der Waals surface area contributed by atoms with Crippen LogP contribution < -0.4 is 5.32 Å². The van der Waals surface area contributed by atoms with E-state index < -0.39 is 0 Å². The maximum atomic E-state index is 9.31. The Hall–Kier alpha value is -0.860. The van der Waals surface area contributed by atoms with Gasteiger partial charge in [-0.15, -0.1) is 0 Å². The Labute approximate surface area is 110 Å². The number of aliphatic hydroxyl groups is 1. The van der Waals surface area contributed by atoms with Crippen LogP contribution in [0.2, 0.25) is 0 Å². The van der Waals surface area contributed by atoms with E-state index in [0.29, 0.717) is 18.4 Å². The molecule has 2 atom stereocenters. The van der Waals surface area contributed by atoms with Crippen LogP contribution in [0.5, 0.6) is 0 Å². The molecule has 0 radical (unpaired) electrons. The van der Waals surface area contributed by atoms with Crippen molar-refractivity contribution in [2.45, 2.75) is 39.2 Å². The zero-order valence-corrected chi connectivity index (χ0v) is 11.4. The van der Waals surface area contributed by atoms with Crippen molar-refractivity contribution in [3.05, 3.63) is 35.4 Å². The molecule has 0 saturated heterocycles. The van der Waals surface area contributed by atoms with E-state index in [-0.39, 0.29) is 0 Å². The van der Waals surface area contributed by atoms with Gasteiger partial charge in [-0.1, -0.05) is 37.6 Å². The van der Waals surface area contributed by atoms with Crippen molar-refractivity contribution >= 4 is 0 Å². The molecule has 0 aromatic heterocycles. The molecule has 2 heteroatoms. The van der Waals surface area contributed by atoms with Crippen molar-refractivity contribution < 1.29 is 5.11 Å². The third-order valence-corrected chi connectivity index (χ3v) is 4.27. The highest BCUT2D eigenvalue weighted by molar-refractivity contribution is 5.26. The zero-order chi connectivity index (χ0) is 12.8. The number of nitrogens with one attached hydrogen (secondary N) is 1. The normalized spacial score (nSPS) is 23.4. The van der Waals surface area contributed by atoms with Gasteiger partial charge in [0.2, 0.25) is 0 Å². The summed E-state index contributed by atoms with van der Waals surface area (Å²) >= 11 is 0. The van der Waals surface area contributed by atoms with Crippen molar-refractivity contribution in [1.82, 2.24) is 5.32 Å². The number of benzene rings is 1. The smallest absolute Gasteiger partial charge is 0.0462 e. The maximum absolute atomic E-state index is 9.31. The number of aryl methyl sites for hydroxylation is 1. The largest absolute Gasteiger partial charge is 0.396 e. The Balaban J connectivity index is 1.81. The molecule has 2 unspecified atom stereocenters. The molecule has 1 aliphatic rings. The zero-order valence-electron chi connectivity index (χ0n) is 11.4. The molecule has 0 spiro atoms. The molecule has 0 amide bonds. The van der Waals surface area contributed by atoms with Crippen molar-refractivity contribution in [2.24, 2.45) is 11.8 Å². The Morgan fingerprint density at radius 2 is 1.89 bits per heavy atom. The molecule has 1 aromatic rings. The van der Waals surface area contributed by atoms with Crippen molar-refractivity contribution in [3.8, 4) is 0 Å². The molecule has 1 fully saturated rings. The summed E-state index contributed by atoms with van der Waals surface area (Å²) in [5, 5.41) is 12.9. The second kappa shape index (κ2) is 6.91. The van der Waals surface area contributed by atoms with Crippen LogP contribution >= 0.6 is 0 Å². The lowest BCUT2D eigenvalue weighted by atomic mass is 9.97. The van der Waals surface area contributed by atoms with Crippen molar-refractivity contribution in [2.75, 3.05) is 13.2 Å². The Bertz CT molecular complexity index is 364. The first-order valence-corrected chi connectivity index (χ1v) is 7.23. The van der Waals surface area contributed by atoms with Gasteiger partial charge in [0.25, 0.3) is 0 Å². The van der Waals surface area contributed by atoms with Crippen LogP contribution in [0.3, 0.4) is 0 Å². The summed E-state index contributed by atoms with van der Waals surface area (Å²) in [5.41, 5.74) is 2.86. The average Bonchev–Trinajstić information content (AvgIpc) is 2.87. The van der Waals surface area contributed by atoms with Crippen molar-refractivity contribution in [3.63, 3.8) is 0 Å². The van der Waals surface area contributed by atoms with E-state index in [1.54, 1.807) is 0 Å².